The summed E-state index contributed by atoms with van der Waals surface area (Å²) in [4.78, 5) is 4.86. The van der Waals surface area contributed by atoms with Crippen molar-refractivity contribution < 1.29 is 9.57 Å². The maximum atomic E-state index is 5.73. The van der Waals surface area contributed by atoms with Crippen molar-refractivity contribution in [2.45, 2.75) is 32.8 Å². The highest BCUT2D eigenvalue weighted by Crippen LogP contribution is 2.48. The molecule has 0 aromatic carbocycles. The monoisotopic (exact) mass is 183 g/mol. The topological polar surface area (TPSA) is 30.8 Å². The standard InChI is InChI=1S/C10H17NO2/c1-10(2)8(11-12-3)7-5-4-6-13-9(7)10/h7,9H,4-6H2,1-3H3/b11-8-. The lowest BCUT2D eigenvalue weighted by atomic mass is 9.57. The van der Waals surface area contributed by atoms with Crippen molar-refractivity contribution in [2.75, 3.05) is 13.7 Å². The average molecular weight is 183 g/mol. The molecule has 1 aliphatic heterocycles. The van der Waals surface area contributed by atoms with Crippen LogP contribution in [-0.2, 0) is 9.57 Å². The summed E-state index contributed by atoms with van der Waals surface area (Å²) in [6, 6.07) is 0. The summed E-state index contributed by atoms with van der Waals surface area (Å²) >= 11 is 0. The van der Waals surface area contributed by atoms with Crippen molar-refractivity contribution in [3.63, 3.8) is 0 Å². The predicted molar refractivity (Wildman–Crippen MR) is 50.7 cm³/mol. The zero-order chi connectivity index (χ0) is 9.47. The molecule has 0 bridgehead atoms. The molecule has 2 rings (SSSR count). The third kappa shape index (κ3) is 1.17. The third-order valence-corrected chi connectivity index (χ3v) is 3.23. The summed E-state index contributed by atoms with van der Waals surface area (Å²) in [7, 11) is 1.61. The van der Waals surface area contributed by atoms with Gasteiger partial charge in [0, 0.05) is 17.9 Å². The second-order valence-corrected chi connectivity index (χ2v) is 4.42. The van der Waals surface area contributed by atoms with Crippen LogP contribution in [0.15, 0.2) is 5.16 Å². The van der Waals surface area contributed by atoms with Gasteiger partial charge in [0.05, 0.1) is 11.8 Å². The largest absolute Gasteiger partial charge is 0.399 e. The minimum Gasteiger partial charge on any atom is -0.399 e. The van der Waals surface area contributed by atoms with Crippen molar-refractivity contribution in [3.8, 4) is 0 Å². The van der Waals surface area contributed by atoms with E-state index in [-0.39, 0.29) is 5.41 Å². The van der Waals surface area contributed by atoms with Gasteiger partial charge in [0.2, 0.25) is 0 Å². The first kappa shape index (κ1) is 9.00. The molecule has 0 N–H and O–H groups in total. The van der Waals surface area contributed by atoms with Crippen LogP contribution < -0.4 is 0 Å². The van der Waals surface area contributed by atoms with Gasteiger partial charge in [-0.1, -0.05) is 19.0 Å². The van der Waals surface area contributed by atoms with E-state index in [1.165, 1.54) is 12.1 Å². The number of nitrogens with zero attached hydrogens (tertiary/aromatic N) is 1. The smallest absolute Gasteiger partial charge is 0.106 e. The minimum absolute atomic E-state index is 0.0844. The maximum absolute atomic E-state index is 5.73. The molecule has 3 nitrogen and oxygen atoms in total. The predicted octanol–water partition coefficient (Wildman–Crippen LogP) is 1.82. The third-order valence-electron chi connectivity index (χ3n) is 3.23. The highest BCUT2D eigenvalue weighted by atomic mass is 16.6. The van der Waals surface area contributed by atoms with E-state index in [0.717, 1.165) is 13.0 Å². The minimum atomic E-state index is 0.0844. The van der Waals surface area contributed by atoms with Gasteiger partial charge in [-0.2, -0.15) is 0 Å². The maximum Gasteiger partial charge on any atom is 0.106 e. The van der Waals surface area contributed by atoms with Gasteiger partial charge >= 0.3 is 0 Å². The molecule has 2 atom stereocenters. The van der Waals surface area contributed by atoms with E-state index in [4.69, 9.17) is 9.57 Å². The van der Waals surface area contributed by atoms with Crippen molar-refractivity contribution in [3.05, 3.63) is 0 Å². The summed E-state index contributed by atoms with van der Waals surface area (Å²) in [5.74, 6) is 0.517. The molecule has 0 aromatic rings. The molecule has 1 aliphatic carbocycles. The number of oxime groups is 1. The summed E-state index contributed by atoms with van der Waals surface area (Å²) in [5, 5.41) is 4.10. The van der Waals surface area contributed by atoms with Crippen molar-refractivity contribution in [1.29, 1.82) is 0 Å². The summed E-state index contributed by atoms with van der Waals surface area (Å²) < 4.78 is 5.73. The van der Waals surface area contributed by atoms with E-state index < -0.39 is 0 Å². The van der Waals surface area contributed by atoms with Gasteiger partial charge < -0.3 is 9.57 Å². The Labute approximate surface area is 79.1 Å². The fourth-order valence-electron chi connectivity index (χ4n) is 2.58. The number of fused-ring (bicyclic) bond motifs is 1. The van der Waals surface area contributed by atoms with Crippen LogP contribution in [0.3, 0.4) is 0 Å². The molecule has 2 aliphatic rings. The SMILES string of the molecule is CO/N=C1/C2CCCOC2C1(C)C. The Hall–Kier alpha value is -0.570. The zero-order valence-electron chi connectivity index (χ0n) is 8.54. The highest BCUT2D eigenvalue weighted by Gasteiger charge is 2.56. The Bertz CT molecular complexity index is 235. The molecule has 2 fully saturated rings. The lowest BCUT2D eigenvalue weighted by molar-refractivity contribution is -0.0874. The zero-order valence-corrected chi connectivity index (χ0v) is 8.54. The molecule has 0 radical (unpaired) electrons. The van der Waals surface area contributed by atoms with E-state index in [9.17, 15) is 0 Å². The lowest BCUT2D eigenvalue weighted by Crippen LogP contribution is -2.61. The summed E-state index contributed by atoms with van der Waals surface area (Å²) in [6.07, 6.45) is 2.73. The van der Waals surface area contributed by atoms with Gasteiger partial charge in [-0.05, 0) is 12.8 Å². The summed E-state index contributed by atoms with van der Waals surface area (Å²) in [5.41, 5.74) is 1.26. The van der Waals surface area contributed by atoms with Crippen LogP contribution in [0.4, 0.5) is 0 Å². The van der Waals surface area contributed by atoms with Gasteiger partial charge in [0.1, 0.15) is 7.11 Å². The van der Waals surface area contributed by atoms with E-state index in [2.05, 4.69) is 19.0 Å². The Morgan fingerprint density at radius 3 is 3.00 bits per heavy atom. The molecule has 2 unspecified atom stereocenters. The normalized spacial score (nSPS) is 39.5. The van der Waals surface area contributed by atoms with E-state index in [1.54, 1.807) is 7.11 Å². The Kier molecular flexibility index (Phi) is 2.06. The number of ether oxygens (including phenoxy) is 1. The lowest BCUT2D eigenvalue weighted by Gasteiger charge is -2.53. The second-order valence-electron chi connectivity index (χ2n) is 4.42. The Morgan fingerprint density at radius 1 is 1.54 bits per heavy atom. The van der Waals surface area contributed by atoms with Crippen LogP contribution in [0, 0.1) is 11.3 Å². The van der Waals surface area contributed by atoms with Crippen LogP contribution >= 0.6 is 0 Å². The molecule has 13 heavy (non-hydrogen) atoms. The van der Waals surface area contributed by atoms with Gasteiger partial charge in [-0.15, -0.1) is 0 Å². The Morgan fingerprint density at radius 2 is 2.31 bits per heavy atom. The van der Waals surface area contributed by atoms with Crippen molar-refractivity contribution in [2.24, 2.45) is 16.5 Å². The first-order chi connectivity index (χ1) is 6.18. The van der Waals surface area contributed by atoms with Gasteiger partial charge in [-0.3, -0.25) is 0 Å². The first-order valence-electron chi connectivity index (χ1n) is 4.91. The summed E-state index contributed by atoms with van der Waals surface area (Å²) in [6.45, 7) is 5.26. The molecule has 0 amide bonds. The number of hydrogen-bond donors (Lipinski definition) is 0. The van der Waals surface area contributed by atoms with Crippen LogP contribution in [0.25, 0.3) is 0 Å². The molecule has 1 saturated carbocycles. The van der Waals surface area contributed by atoms with Gasteiger partial charge in [0.15, 0.2) is 0 Å². The molecule has 3 heteroatoms. The molecule has 1 saturated heterocycles. The Balaban J connectivity index is 2.16. The second kappa shape index (κ2) is 2.98. The quantitative estimate of drug-likeness (QED) is 0.581. The molecule has 1 heterocycles. The van der Waals surface area contributed by atoms with Crippen LogP contribution in [0.2, 0.25) is 0 Å². The fraction of sp³-hybridized carbons (Fsp3) is 0.900. The van der Waals surface area contributed by atoms with Crippen LogP contribution in [0.5, 0.6) is 0 Å². The van der Waals surface area contributed by atoms with Gasteiger partial charge in [0.25, 0.3) is 0 Å². The molecule has 0 aromatic heterocycles. The van der Waals surface area contributed by atoms with Crippen LogP contribution in [-0.4, -0.2) is 25.5 Å². The van der Waals surface area contributed by atoms with Gasteiger partial charge in [-0.25, -0.2) is 0 Å². The molecular weight excluding hydrogens is 166 g/mol. The first-order valence-corrected chi connectivity index (χ1v) is 4.91. The fourth-order valence-corrected chi connectivity index (χ4v) is 2.58. The highest BCUT2D eigenvalue weighted by molar-refractivity contribution is 5.98. The van der Waals surface area contributed by atoms with Crippen molar-refractivity contribution >= 4 is 5.71 Å². The number of hydrogen-bond acceptors (Lipinski definition) is 3. The van der Waals surface area contributed by atoms with E-state index in [0.29, 0.717) is 12.0 Å². The van der Waals surface area contributed by atoms with E-state index in [1.807, 2.05) is 0 Å². The number of rotatable bonds is 1. The average Bonchev–Trinajstić information content (AvgIpc) is 2.14. The van der Waals surface area contributed by atoms with Crippen LogP contribution in [0.1, 0.15) is 26.7 Å². The van der Waals surface area contributed by atoms with E-state index >= 15 is 0 Å². The van der Waals surface area contributed by atoms with Crippen molar-refractivity contribution in [1.82, 2.24) is 0 Å². The molecule has 0 spiro atoms. The molecular formula is C10H17NO2. The molecule has 74 valence electrons.